The van der Waals surface area contributed by atoms with Crippen LogP contribution < -0.4 is 11.1 Å². The van der Waals surface area contributed by atoms with Crippen molar-refractivity contribution < 1.29 is 9.59 Å². The van der Waals surface area contributed by atoms with Crippen molar-refractivity contribution in [2.75, 3.05) is 11.1 Å². The number of carbonyl (C=O) groups excluding carboxylic acids is 2. The van der Waals surface area contributed by atoms with Gasteiger partial charge in [0.1, 0.15) is 10.6 Å². The molecule has 3 aromatic rings. The van der Waals surface area contributed by atoms with E-state index in [1.165, 1.54) is 42.0 Å². The Balaban J connectivity index is 1.51. The van der Waals surface area contributed by atoms with Gasteiger partial charge in [-0.05, 0) is 57.2 Å². The number of aromatic nitrogens is 2. The Bertz CT molecular complexity index is 1110. The molecule has 1 aromatic carbocycles. The van der Waals surface area contributed by atoms with Crippen LogP contribution in [0.1, 0.15) is 47.5 Å². The number of fused-ring (bicyclic) bond motifs is 3. The van der Waals surface area contributed by atoms with Crippen molar-refractivity contribution in [1.82, 2.24) is 9.97 Å². The van der Waals surface area contributed by atoms with E-state index in [0.717, 1.165) is 23.1 Å². The molecule has 0 spiro atoms. The standard InChI is InChI=1S/C21H22N4O2S2/c1-11(26)13-6-5-7-14(10-13)23-19(27)12(2)28-21-24-18(22)17-15-8-3-4-9-16(15)29-20(17)25-21/h5-7,10,12H,3-4,8-9H2,1-2H3,(H,23,27)(H2,22,24,25)/t12-/m1/s1. The van der Waals surface area contributed by atoms with Crippen LogP contribution in [-0.2, 0) is 17.6 Å². The third-order valence-corrected chi connectivity index (χ3v) is 7.16. The highest BCUT2D eigenvalue weighted by molar-refractivity contribution is 8.00. The summed E-state index contributed by atoms with van der Waals surface area (Å²) in [5.74, 6) is 0.279. The molecule has 1 aliphatic rings. The fourth-order valence-corrected chi connectivity index (χ4v) is 5.59. The van der Waals surface area contributed by atoms with Gasteiger partial charge >= 0.3 is 0 Å². The fraction of sp³-hybridized carbons (Fsp3) is 0.333. The minimum Gasteiger partial charge on any atom is -0.383 e. The molecule has 2 heterocycles. The van der Waals surface area contributed by atoms with Gasteiger partial charge in [0, 0.05) is 16.1 Å². The molecule has 1 amide bonds. The highest BCUT2D eigenvalue weighted by Crippen LogP contribution is 2.38. The molecule has 0 saturated heterocycles. The van der Waals surface area contributed by atoms with E-state index in [0.29, 0.717) is 22.2 Å². The maximum Gasteiger partial charge on any atom is 0.237 e. The van der Waals surface area contributed by atoms with Crippen LogP contribution in [0.15, 0.2) is 29.4 Å². The van der Waals surface area contributed by atoms with Gasteiger partial charge in [0.15, 0.2) is 10.9 Å². The van der Waals surface area contributed by atoms with E-state index in [4.69, 9.17) is 5.73 Å². The number of anilines is 2. The van der Waals surface area contributed by atoms with Crippen molar-refractivity contribution >= 4 is 56.5 Å². The van der Waals surface area contributed by atoms with E-state index in [1.54, 1.807) is 42.5 Å². The normalized spacial score (nSPS) is 14.4. The minimum atomic E-state index is -0.414. The minimum absolute atomic E-state index is 0.0423. The Morgan fingerprint density at radius 1 is 1.24 bits per heavy atom. The number of rotatable bonds is 5. The number of thioether (sulfide) groups is 1. The van der Waals surface area contributed by atoms with Gasteiger partial charge in [0.25, 0.3) is 0 Å². The van der Waals surface area contributed by atoms with Gasteiger partial charge in [-0.2, -0.15) is 0 Å². The Morgan fingerprint density at radius 2 is 2.03 bits per heavy atom. The lowest BCUT2D eigenvalue weighted by molar-refractivity contribution is -0.115. The van der Waals surface area contributed by atoms with Crippen molar-refractivity contribution in [3.05, 3.63) is 40.3 Å². The lowest BCUT2D eigenvalue weighted by Gasteiger charge is -2.12. The van der Waals surface area contributed by atoms with Gasteiger partial charge in [0.05, 0.1) is 10.6 Å². The fourth-order valence-electron chi connectivity index (χ4n) is 3.49. The van der Waals surface area contributed by atoms with Crippen molar-refractivity contribution in [2.24, 2.45) is 0 Å². The Kier molecular flexibility index (Phi) is 5.56. The molecule has 0 saturated carbocycles. The summed E-state index contributed by atoms with van der Waals surface area (Å²) in [5, 5.41) is 3.94. The summed E-state index contributed by atoms with van der Waals surface area (Å²) in [5.41, 5.74) is 8.72. The summed E-state index contributed by atoms with van der Waals surface area (Å²) in [4.78, 5) is 35.5. The first-order valence-electron chi connectivity index (χ1n) is 9.58. The molecule has 1 aliphatic carbocycles. The maximum atomic E-state index is 12.6. The number of nitrogens with two attached hydrogens (primary N) is 1. The number of aryl methyl sites for hydroxylation is 2. The number of amides is 1. The van der Waals surface area contributed by atoms with E-state index in [2.05, 4.69) is 15.3 Å². The van der Waals surface area contributed by atoms with Gasteiger partial charge in [0.2, 0.25) is 5.91 Å². The van der Waals surface area contributed by atoms with Crippen molar-refractivity contribution in [3.63, 3.8) is 0 Å². The monoisotopic (exact) mass is 426 g/mol. The molecular weight excluding hydrogens is 404 g/mol. The second-order valence-electron chi connectivity index (χ2n) is 7.17. The summed E-state index contributed by atoms with van der Waals surface area (Å²) in [6.07, 6.45) is 4.50. The van der Waals surface area contributed by atoms with Crippen LogP contribution in [0.4, 0.5) is 11.5 Å². The molecule has 0 aliphatic heterocycles. The SMILES string of the molecule is CC(=O)c1cccc(NC(=O)[C@@H](C)Sc2nc(N)c3c4c(sc3n2)CCCC4)c1. The quantitative estimate of drug-likeness (QED) is 0.355. The molecule has 0 unspecified atom stereocenters. The van der Waals surface area contributed by atoms with Crippen LogP contribution in [0.25, 0.3) is 10.2 Å². The third kappa shape index (κ3) is 4.13. The number of benzene rings is 1. The lowest BCUT2D eigenvalue weighted by atomic mass is 9.97. The zero-order valence-corrected chi connectivity index (χ0v) is 18.0. The van der Waals surface area contributed by atoms with Crippen LogP contribution in [0.5, 0.6) is 0 Å². The Hall–Kier alpha value is -2.45. The molecule has 29 heavy (non-hydrogen) atoms. The molecule has 4 rings (SSSR count). The van der Waals surface area contributed by atoms with E-state index in [-0.39, 0.29) is 11.7 Å². The van der Waals surface area contributed by atoms with Gasteiger partial charge in [-0.3, -0.25) is 9.59 Å². The molecular formula is C21H22N4O2S2. The lowest BCUT2D eigenvalue weighted by Crippen LogP contribution is -2.22. The molecule has 3 N–H and O–H groups in total. The largest absolute Gasteiger partial charge is 0.383 e. The Labute approximate surface area is 177 Å². The van der Waals surface area contributed by atoms with Gasteiger partial charge < -0.3 is 11.1 Å². The number of hydrogen-bond acceptors (Lipinski definition) is 7. The highest BCUT2D eigenvalue weighted by atomic mass is 32.2. The predicted molar refractivity (Wildman–Crippen MR) is 119 cm³/mol. The average Bonchev–Trinajstić information content (AvgIpc) is 3.06. The predicted octanol–water partition coefficient (Wildman–Crippen LogP) is 4.47. The van der Waals surface area contributed by atoms with Gasteiger partial charge in [-0.1, -0.05) is 23.9 Å². The van der Waals surface area contributed by atoms with Crippen LogP contribution in [0.3, 0.4) is 0 Å². The first-order chi connectivity index (χ1) is 13.9. The summed E-state index contributed by atoms with van der Waals surface area (Å²) < 4.78 is 0. The molecule has 0 bridgehead atoms. The van der Waals surface area contributed by atoms with Crippen molar-refractivity contribution in [1.29, 1.82) is 0 Å². The highest BCUT2D eigenvalue weighted by Gasteiger charge is 2.22. The van der Waals surface area contributed by atoms with E-state index >= 15 is 0 Å². The van der Waals surface area contributed by atoms with Gasteiger partial charge in [-0.15, -0.1) is 11.3 Å². The first kappa shape index (κ1) is 19.8. The molecule has 2 aromatic heterocycles. The maximum absolute atomic E-state index is 12.6. The smallest absolute Gasteiger partial charge is 0.237 e. The molecule has 8 heteroatoms. The number of nitrogens with one attached hydrogen (secondary N) is 1. The zero-order valence-electron chi connectivity index (χ0n) is 16.3. The topological polar surface area (TPSA) is 98.0 Å². The van der Waals surface area contributed by atoms with Crippen LogP contribution >= 0.6 is 23.1 Å². The molecule has 6 nitrogen and oxygen atoms in total. The van der Waals surface area contributed by atoms with E-state index < -0.39 is 5.25 Å². The molecule has 150 valence electrons. The van der Waals surface area contributed by atoms with Crippen LogP contribution in [0.2, 0.25) is 0 Å². The zero-order chi connectivity index (χ0) is 20.5. The number of Topliss-reactive ketones (excluding diaryl/α,β-unsaturated/α-hetero) is 1. The second-order valence-corrected chi connectivity index (χ2v) is 9.56. The third-order valence-electron chi connectivity index (χ3n) is 5.01. The van der Waals surface area contributed by atoms with Crippen LogP contribution in [-0.4, -0.2) is 26.9 Å². The number of nitrogens with zero attached hydrogens (tertiary/aromatic N) is 2. The summed E-state index contributed by atoms with van der Waals surface area (Å²) >= 11 is 2.98. The summed E-state index contributed by atoms with van der Waals surface area (Å²) in [6, 6.07) is 6.91. The second kappa shape index (κ2) is 8.12. The van der Waals surface area contributed by atoms with E-state index in [9.17, 15) is 9.59 Å². The van der Waals surface area contributed by atoms with Gasteiger partial charge in [-0.25, -0.2) is 9.97 Å². The Morgan fingerprint density at radius 3 is 2.83 bits per heavy atom. The number of nitrogen functional groups attached to an aromatic ring is 1. The average molecular weight is 427 g/mol. The van der Waals surface area contributed by atoms with Crippen LogP contribution in [0, 0.1) is 0 Å². The summed E-state index contributed by atoms with van der Waals surface area (Å²) in [7, 11) is 0. The number of ketones is 1. The first-order valence-corrected chi connectivity index (χ1v) is 11.3. The number of carbonyl (C=O) groups is 2. The number of hydrogen-bond donors (Lipinski definition) is 2. The summed E-state index contributed by atoms with van der Waals surface area (Å²) in [6.45, 7) is 3.30. The van der Waals surface area contributed by atoms with Crippen molar-refractivity contribution in [2.45, 2.75) is 49.9 Å². The number of thiophene rings is 1. The van der Waals surface area contributed by atoms with E-state index in [1.807, 2.05) is 0 Å². The molecule has 1 atom stereocenters. The van der Waals surface area contributed by atoms with Crippen molar-refractivity contribution in [3.8, 4) is 0 Å². The molecule has 0 radical (unpaired) electrons. The molecule has 0 fully saturated rings.